The molecule has 2 heterocycles. The van der Waals surface area contributed by atoms with Gasteiger partial charge in [0.2, 0.25) is 12.2 Å². The number of rotatable bonds is 1. The van der Waals surface area contributed by atoms with Gasteiger partial charge in [-0.05, 0) is 43.4 Å². The second-order valence-electron chi connectivity index (χ2n) is 5.74. The van der Waals surface area contributed by atoms with Gasteiger partial charge in [-0.1, -0.05) is 17.7 Å². The van der Waals surface area contributed by atoms with Gasteiger partial charge in [0.25, 0.3) is 5.91 Å². The summed E-state index contributed by atoms with van der Waals surface area (Å²) >= 11 is 6.03. The highest BCUT2D eigenvalue weighted by molar-refractivity contribution is 6.31. The number of guanidine groups is 1. The first-order valence-electron chi connectivity index (χ1n) is 7.05. The number of amides is 1. The van der Waals surface area contributed by atoms with Crippen molar-refractivity contribution in [3.63, 3.8) is 0 Å². The van der Waals surface area contributed by atoms with Gasteiger partial charge < -0.3 is 4.90 Å². The highest BCUT2D eigenvalue weighted by Crippen LogP contribution is 2.47. The van der Waals surface area contributed by atoms with Crippen molar-refractivity contribution in [1.82, 2.24) is 4.90 Å². The molecule has 0 spiro atoms. The molecule has 1 aromatic rings. The molecule has 5 nitrogen and oxygen atoms in total. The molecule has 2 bridgehead atoms. The fourth-order valence-corrected chi connectivity index (χ4v) is 4.13. The number of hydrogen-bond donors (Lipinski definition) is 0. The van der Waals surface area contributed by atoms with E-state index in [0.29, 0.717) is 28.6 Å². The Labute approximate surface area is 127 Å². The number of piperidine rings is 1. The minimum absolute atomic E-state index is 0.0125. The fourth-order valence-electron chi connectivity index (χ4n) is 3.95. The lowest BCUT2D eigenvalue weighted by Gasteiger charge is -2.28. The molecule has 0 aromatic heterocycles. The Morgan fingerprint density at radius 3 is 3.00 bits per heavy atom. The molecular formula is C15H13ClN4O. The lowest BCUT2D eigenvalue weighted by molar-refractivity contribution is -0.120. The maximum Gasteiger partial charge on any atom is 0.257 e. The van der Waals surface area contributed by atoms with Crippen LogP contribution in [0.5, 0.6) is 0 Å². The van der Waals surface area contributed by atoms with Crippen LogP contribution in [0.4, 0.5) is 5.69 Å². The van der Waals surface area contributed by atoms with Crippen LogP contribution in [0.25, 0.3) is 0 Å². The van der Waals surface area contributed by atoms with Gasteiger partial charge in [-0.25, -0.2) is 4.90 Å². The molecule has 2 saturated heterocycles. The molecule has 1 amide bonds. The quantitative estimate of drug-likeness (QED) is 0.748. The number of nitrogens with zero attached hydrogens (tertiary/aromatic N) is 4. The molecule has 3 aliphatic rings. The summed E-state index contributed by atoms with van der Waals surface area (Å²) in [5, 5.41) is 9.56. The van der Waals surface area contributed by atoms with Crippen molar-refractivity contribution in [3.05, 3.63) is 29.3 Å². The van der Waals surface area contributed by atoms with Crippen molar-refractivity contribution >= 4 is 29.2 Å². The van der Waals surface area contributed by atoms with E-state index >= 15 is 0 Å². The Balaban J connectivity index is 1.82. The second kappa shape index (κ2) is 4.47. The summed E-state index contributed by atoms with van der Waals surface area (Å²) < 4.78 is 0. The van der Waals surface area contributed by atoms with Crippen molar-refractivity contribution in [1.29, 1.82) is 5.26 Å². The molecule has 106 valence electrons. The molecule has 1 aliphatic carbocycles. The third-order valence-electron chi connectivity index (χ3n) is 4.71. The molecule has 3 atom stereocenters. The zero-order valence-electron chi connectivity index (χ0n) is 11.2. The predicted molar refractivity (Wildman–Crippen MR) is 78.7 cm³/mol. The van der Waals surface area contributed by atoms with E-state index < -0.39 is 0 Å². The number of carbonyl (C=O) groups excluding carboxylic acids is 1. The molecule has 0 radical (unpaired) electrons. The van der Waals surface area contributed by atoms with Gasteiger partial charge in [-0.2, -0.15) is 5.26 Å². The van der Waals surface area contributed by atoms with E-state index in [4.69, 9.17) is 16.9 Å². The Hall–Kier alpha value is -2.06. The second-order valence-corrected chi connectivity index (χ2v) is 6.18. The summed E-state index contributed by atoms with van der Waals surface area (Å²) in [6.45, 7) is 0. The first kappa shape index (κ1) is 12.7. The summed E-state index contributed by atoms with van der Waals surface area (Å²) in [4.78, 5) is 20.3. The van der Waals surface area contributed by atoms with Gasteiger partial charge in [-0.3, -0.25) is 4.79 Å². The van der Waals surface area contributed by atoms with E-state index in [1.807, 2.05) is 17.2 Å². The fraction of sp³-hybridized carbons (Fsp3) is 0.400. The van der Waals surface area contributed by atoms with Gasteiger partial charge >= 0.3 is 0 Å². The average Bonchev–Trinajstić information content (AvgIpc) is 3.13. The third kappa shape index (κ3) is 1.69. The maximum atomic E-state index is 12.8. The van der Waals surface area contributed by atoms with E-state index in [9.17, 15) is 4.79 Å². The van der Waals surface area contributed by atoms with Gasteiger partial charge in [0.05, 0.1) is 5.69 Å². The smallest absolute Gasteiger partial charge is 0.257 e. The largest absolute Gasteiger partial charge is 0.326 e. The van der Waals surface area contributed by atoms with E-state index in [1.165, 1.54) is 0 Å². The van der Waals surface area contributed by atoms with Crippen LogP contribution in [0, 0.1) is 17.4 Å². The molecule has 21 heavy (non-hydrogen) atoms. The molecule has 4 rings (SSSR count). The lowest BCUT2D eigenvalue weighted by Crippen LogP contribution is -2.41. The van der Waals surface area contributed by atoms with Crippen molar-refractivity contribution in [3.8, 4) is 6.19 Å². The van der Waals surface area contributed by atoms with Gasteiger partial charge in [0.1, 0.15) is 6.04 Å². The predicted octanol–water partition coefficient (Wildman–Crippen LogP) is 2.38. The molecule has 0 N–H and O–H groups in total. The monoisotopic (exact) mass is 300 g/mol. The van der Waals surface area contributed by atoms with Crippen LogP contribution in [0.15, 0.2) is 29.3 Å². The topological polar surface area (TPSA) is 59.7 Å². The van der Waals surface area contributed by atoms with Crippen LogP contribution in [0.1, 0.15) is 19.3 Å². The van der Waals surface area contributed by atoms with E-state index in [1.54, 1.807) is 23.1 Å². The lowest BCUT2D eigenvalue weighted by atomic mass is 9.99. The summed E-state index contributed by atoms with van der Waals surface area (Å²) in [5.74, 6) is 0.857. The highest BCUT2D eigenvalue weighted by Gasteiger charge is 2.58. The number of aliphatic imine (C=N–C) groups is 1. The van der Waals surface area contributed by atoms with E-state index in [-0.39, 0.29) is 11.9 Å². The minimum atomic E-state index is -0.158. The molecule has 1 aromatic carbocycles. The van der Waals surface area contributed by atoms with Crippen LogP contribution < -0.4 is 4.90 Å². The molecule has 6 heteroatoms. The number of hydrogen-bond acceptors (Lipinski definition) is 3. The standard InChI is InChI=1S/C15H13ClN4O/c16-10-2-1-3-11(7-10)20-14(21)13-9-4-5-12(6-9)19(13)15(20)18-8-17/h1-3,7,9,12-13H,4-6H2/t9-,12+,13-/m1/s1. The first-order valence-corrected chi connectivity index (χ1v) is 7.43. The highest BCUT2D eigenvalue weighted by atomic mass is 35.5. The van der Waals surface area contributed by atoms with Crippen LogP contribution >= 0.6 is 11.6 Å². The van der Waals surface area contributed by atoms with E-state index in [2.05, 4.69) is 4.99 Å². The van der Waals surface area contributed by atoms with Gasteiger partial charge in [-0.15, -0.1) is 4.99 Å². The zero-order chi connectivity index (χ0) is 14.6. The van der Waals surface area contributed by atoms with Crippen LogP contribution in [-0.2, 0) is 4.79 Å². The summed E-state index contributed by atoms with van der Waals surface area (Å²) in [7, 11) is 0. The molecule has 1 saturated carbocycles. The molecule has 3 fully saturated rings. The van der Waals surface area contributed by atoms with Crippen molar-refractivity contribution in [2.24, 2.45) is 10.9 Å². The summed E-state index contributed by atoms with van der Waals surface area (Å²) in [6.07, 6.45) is 5.02. The average molecular weight is 301 g/mol. The van der Waals surface area contributed by atoms with Crippen molar-refractivity contribution in [2.75, 3.05) is 4.90 Å². The number of nitriles is 1. The molecule has 2 aliphatic heterocycles. The van der Waals surface area contributed by atoms with Crippen LogP contribution in [-0.4, -0.2) is 28.9 Å². The number of benzene rings is 1. The number of carbonyl (C=O) groups is 1. The van der Waals surface area contributed by atoms with Crippen molar-refractivity contribution < 1.29 is 4.79 Å². The Morgan fingerprint density at radius 1 is 1.38 bits per heavy atom. The normalized spacial score (nSPS) is 31.9. The molecular weight excluding hydrogens is 288 g/mol. The van der Waals surface area contributed by atoms with Gasteiger partial charge in [0, 0.05) is 11.1 Å². The first-order chi connectivity index (χ1) is 10.2. The number of anilines is 1. The van der Waals surface area contributed by atoms with Gasteiger partial charge in [0.15, 0.2) is 0 Å². The Bertz CT molecular complexity index is 695. The van der Waals surface area contributed by atoms with E-state index in [0.717, 1.165) is 19.3 Å². The number of halogens is 1. The van der Waals surface area contributed by atoms with Crippen LogP contribution in [0.2, 0.25) is 5.02 Å². The Kier molecular flexibility index (Phi) is 2.69. The van der Waals surface area contributed by atoms with Crippen molar-refractivity contribution in [2.45, 2.75) is 31.3 Å². The number of fused-ring (bicyclic) bond motifs is 5. The van der Waals surface area contributed by atoms with Crippen LogP contribution in [0.3, 0.4) is 0 Å². The molecule has 0 unspecified atom stereocenters. The Morgan fingerprint density at radius 2 is 2.24 bits per heavy atom. The third-order valence-corrected chi connectivity index (χ3v) is 4.94. The maximum absolute atomic E-state index is 12.8. The summed E-state index contributed by atoms with van der Waals surface area (Å²) in [5.41, 5.74) is 0.676. The minimum Gasteiger partial charge on any atom is -0.326 e. The zero-order valence-corrected chi connectivity index (χ0v) is 12.0. The summed E-state index contributed by atoms with van der Waals surface area (Å²) in [6, 6.07) is 7.29. The SMILES string of the molecule is N#CN=C1N(c2cccc(Cl)c2)C(=O)[C@H]2[C@@H]3CC[C@@H](C3)N12.